The summed E-state index contributed by atoms with van der Waals surface area (Å²) >= 11 is 5.94. The first-order chi connectivity index (χ1) is 13.0. The van der Waals surface area contributed by atoms with Crippen LogP contribution >= 0.6 is 11.6 Å². The van der Waals surface area contributed by atoms with Gasteiger partial charge in [-0.1, -0.05) is 23.7 Å². The van der Waals surface area contributed by atoms with Gasteiger partial charge in [0.1, 0.15) is 6.33 Å². The normalized spacial score (nSPS) is 11.3. The lowest BCUT2D eigenvalue weighted by Crippen LogP contribution is -2.19. The van der Waals surface area contributed by atoms with Gasteiger partial charge in [0.25, 0.3) is 11.6 Å². The molecule has 0 fully saturated rings. The van der Waals surface area contributed by atoms with Crippen LogP contribution in [0.3, 0.4) is 0 Å². The minimum atomic E-state index is -0.590. The van der Waals surface area contributed by atoms with Crippen LogP contribution in [0, 0.1) is 10.1 Å². The Morgan fingerprint density at radius 1 is 1.30 bits per heavy atom. The van der Waals surface area contributed by atoms with E-state index in [0.717, 1.165) is 17.3 Å². The van der Waals surface area contributed by atoms with E-state index in [2.05, 4.69) is 26.1 Å². The molecule has 0 bridgehead atoms. The van der Waals surface area contributed by atoms with Crippen LogP contribution < -0.4 is 5.43 Å². The summed E-state index contributed by atoms with van der Waals surface area (Å²) in [7, 11) is 0. The third-order valence-corrected chi connectivity index (χ3v) is 3.92. The summed E-state index contributed by atoms with van der Waals surface area (Å²) in [6.07, 6.45) is 1.46. The molecule has 0 aliphatic heterocycles. The first-order valence-corrected chi connectivity index (χ1v) is 7.96. The smallest absolute Gasteiger partial charge is 0.267 e. The summed E-state index contributed by atoms with van der Waals surface area (Å²) in [6, 6.07) is 10.8. The van der Waals surface area contributed by atoms with E-state index >= 15 is 0 Å². The van der Waals surface area contributed by atoms with Crippen molar-refractivity contribution in [3.8, 4) is 5.69 Å². The molecular formula is C16H12ClN7O3. The Morgan fingerprint density at radius 2 is 2.11 bits per heavy atom. The van der Waals surface area contributed by atoms with Gasteiger partial charge in [0.15, 0.2) is 0 Å². The lowest BCUT2D eigenvalue weighted by Gasteiger charge is -2.06. The Balaban J connectivity index is 1.77. The Morgan fingerprint density at radius 3 is 2.78 bits per heavy atom. The van der Waals surface area contributed by atoms with Crippen molar-refractivity contribution in [2.45, 2.75) is 6.92 Å². The molecule has 0 aliphatic carbocycles. The molecule has 1 aromatic heterocycles. The standard InChI is InChI=1S/C16H12ClN7O3/c1-10(11-3-2-4-12(7-11)23-9-18-21-22-23)19-20-16(25)14-6-5-13(24(26)27)8-15(14)17/h2-9H,1H3,(H,20,25)/b19-10-. The molecule has 0 aliphatic rings. The Bertz CT molecular complexity index is 1030. The Labute approximate surface area is 157 Å². The van der Waals surface area contributed by atoms with E-state index in [0.29, 0.717) is 5.71 Å². The van der Waals surface area contributed by atoms with Crippen LogP contribution in [0.1, 0.15) is 22.8 Å². The minimum Gasteiger partial charge on any atom is -0.267 e. The van der Waals surface area contributed by atoms with Crippen LogP contribution in [0.2, 0.25) is 5.02 Å². The number of nitro benzene ring substituents is 1. The van der Waals surface area contributed by atoms with Crippen molar-refractivity contribution in [3.63, 3.8) is 0 Å². The number of rotatable bonds is 5. The summed E-state index contributed by atoms with van der Waals surface area (Å²) in [5, 5.41) is 25.7. The molecule has 0 unspecified atom stereocenters. The van der Waals surface area contributed by atoms with Crippen molar-refractivity contribution in [3.05, 3.63) is 75.1 Å². The molecule has 3 aromatic rings. The maximum atomic E-state index is 12.2. The number of hydrogen-bond donors (Lipinski definition) is 1. The molecule has 1 N–H and O–H groups in total. The third kappa shape index (κ3) is 4.12. The number of nitro groups is 1. The average molecular weight is 386 g/mol. The Hall–Kier alpha value is -3.66. The number of halogens is 1. The lowest BCUT2D eigenvalue weighted by atomic mass is 10.1. The summed E-state index contributed by atoms with van der Waals surface area (Å²) in [5.74, 6) is -0.578. The zero-order valence-electron chi connectivity index (χ0n) is 13.9. The van der Waals surface area contributed by atoms with Gasteiger partial charge in [-0.15, -0.1) is 5.10 Å². The molecule has 1 amide bonds. The SMILES string of the molecule is C/C(=N/NC(=O)c1ccc([N+](=O)[O-])cc1Cl)c1cccc(-n2cnnn2)c1. The fraction of sp³-hybridized carbons (Fsp3) is 0.0625. The third-order valence-electron chi connectivity index (χ3n) is 3.61. The van der Waals surface area contributed by atoms with Gasteiger partial charge in [-0.25, -0.2) is 10.1 Å². The van der Waals surface area contributed by atoms with Crippen LogP contribution in [0.4, 0.5) is 5.69 Å². The largest absolute Gasteiger partial charge is 0.272 e. The highest BCUT2D eigenvalue weighted by molar-refractivity contribution is 6.34. The predicted molar refractivity (Wildman–Crippen MR) is 96.9 cm³/mol. The number of nitrogens with zero attached hydrogens (tertiary/aromatic N) is 6. The highest BCUT2D eigenvalue weighted by Crippen LogP contribution is 2.22. The van der Waals surface area contributed by atoms with E-state index in [4.69, 9.17) is 11.6 Å². The summed E-state index contributed by atoms with van der Waals surface area (Å²) in [4.78, 5) is 22.4. The number of hydrogen-bond acceptors (Lipinski definition) is 7. The number of carbonyl (C=O) groups excluding carboxylic acids is 1. The minimum absolute atomic E-state index is 0.0322. The van der Waals surface area contributed by atoms with Gasteiger partial charge >= 0.3 is 0 Å². The van der Waals surface area contributed by atoms with E-state index in [1.54, 1.807) is 19.1 Å². The molecule has 2 aromatic carbocycles. The van der Waals surface area contributed by atoms with Crippen molar-refractivity contribution in [2.75, 3.05) is 0 Å². The van der Waals surface area contributed by atoms with Gasteiger partial charge < -0.3 is 0 Å². The second kappa shape index (κ2) is 7.70. The molecule has 10 nitrogen and oxygen atoms in total. The molecule has 1 heterocycles. The van der Waals surface area contributed by atoms with Gasteiger partial charge in [0.05, 0.1) is 26.9 Å². The first kappa shape index (κ1) is 18.1. The molecule has 27 heavy (non-hydrogen) atoms. The summed E-state index contributed by atoms with van der Waals surface area (Å²) < 4.78 is 1.49. The number of nitrogens with one attached hydrogen (secondary N) is 1. The summed E-state index contributed by atoms with van der Waals surface area (Å²) in [5.41, 5.74) is 4.29. The van der Waals surface area contributed by atoms with Crippen molar-refractivity contribution < 1.29 is 9.72 Å². The van der Waals surface area contributed by atoms with E-state index < -0.39 is 10.8 Å². The first-order valence-electron chi connectivity index (χ1n) is 7.58. The van der Waals surface area contributed by atoms with Crippen LogP contribution in [0.25, 0.3) is 5.69 Å². The zero-order valence-corrected chi connectivity index (χ0v) is 14.7. The van der Waals surface area contributed by atoms with Crippen molar-refractivity contribution >= 4 is 28.9 Å². The van der Waals surface area contributed by atoms with E-state index in [1.807, 2.05) is 12.1 Å². The lowest BCUT2D eigenvalue weighted by molar-refractivity contribution is -0.384. The van der Waals surface area contributed by atoms with Crippen LogP contribution in [-0.4, -0.2) is 36.7 Å². The predicted octanol–water partition coefficient (Wildman–Crippen LogP) is 2.38. The zero-order chi connectivity index (χ0) is 19.4. The monoisotopic (exact) mass is 385 g/mol. The molecule has 0 saturated heterocycles. The average Bonchev–Trinajstić information content (AvgIpc) is 3.20. The molecule has 0 saturated carbocycles. The molecule has 136 valence electrons. The van der Waals surface area contributed by atoms with Crippen LogP contribution in [0.15, 0.2) is 53.9 Å². The number of tetrazole rings is 1. The quantitative estimate of drug-likeness (QED) is 0.408. The maximum Gasteiger partial charge on any atom is 0.272 e. The number of benzene rings is 2. The molecule has 11 heteroatoms. The van der Waals surface area contributed by atoms with E-state index in [1.165, 1.54) is 23.1 Å². The second-order valence-electron chi connectivity index (χ2n) is 5.36. The highest BCUT2D eigenvalue weighted by Gasteiger charge is 2.14. The molecule has 0 radical (unpaired) electrons. The van der Waals surface area contributed by atoms with Gasteiger partial charge in [0.2, 0.25) is 0 Å². The number of aromatic nitrogens is 4. The fourth-order valence-corrected chi connectivity index (χ4v) is 2.47. The van der Waals surface area contributed by atoms with E-state index in [-0.39, 0.29) is 16.3 Å². The second-order valence-corrected chi connectivity index (χ2v) is 5.77. The van der Waals surface area contributed by atoms with Gasteiger partial charge in [0, 0.05) is 12.1 Å². The van der Waals surface area contributed by atoms with Crippen LogP contribution in [0.5, 0.6) is 0 Å². The van der Waals surface area contributed by atoms with Crippen molar-refractivity contribution in [1.82, 2.24) is 25.6 Å². The Kier molecular flexibility index (Phi) is 5.18. The molecule has 0 spiro atoms. The number of hydrazone groups is 1. The maximum absolute atomic E-state index is 12.2. The number of amides is 1. The van der Waals surface area contributed by atoms with Gasteiger partial charge in [-0.05, 0) is 41.1 Å². The van der Waals surface area contributed by atoms with Crippen LogP contribution in [-0.2, 0) is 0 Å². The van der Waals surface area contributed by atoms with E-state index in [9.17, 15) is 14.9 Å². The highest BCUT2D eigenvalue weighted by atomic mass is 35.5. The number of carbonyl (C=O) groups is 1. The summed E-state index contributed by atoms with van der Waals surface area (Å²) in [6.45, 7) is 1.72. The van der Waals surface area contributed by atoms with Gasteiger partial charge in [-0.2, -0.15) is 5.10 Å². The fourth-order valence-electron chi connectivity index (χ4n) is 2.21. The molecule has 3 rings (SSSR count). The van der Waals surface area contributed by atoms with Crippen molar-refractivity contribution in [1.29, 1.82) is 0 Å². The van der Waals surface area contributed by atoms with Crippen molar-refractivity contribution in [2.24, 2.45) is 5.10 Å². The molecular weight excluding hydrogens is 374 g/mol. The topological polar surface area (TPSA) is 128 Å². The van der Waals surface area contributed by atoms with Gasteiger partial charge in [-0.3, -0.25) is 14.9 Å². The number of non-ortho nitro benzene ring substituents is 1. The molecule has 0 atom stereocenters.